The number of hydrogen-bond donors (Lipinski definition) is 4. The monoisotopic (exact) mass is 1300 g/mol. The van der Waals surface area contributed by atoms with Crippen molar-refractivity contribution in [2.75, 3.05) is 27.4 Å². The zero-order valence-electron chi connectivity index (χ0n) is 46.8. The first-order valence-corrected chi connectivity index (χ1v) is 25.5. The number of aliphatic carboxylic acids is 2. The number of esters is 2. The minimum atomic E-state index is -2.04. The molecule has 8 unspecified atom stereocenters. The van der Waals surface area contributed by atoms with Crippen LogP contribution < -0.4 is 10.2 Å². The summed E-state index contributed by atoms with van der Waals surface area (Å²) in [6.45, 7) is 19.2. The van der Waals surface area contributed by atoms with E-state index in [0.717, 1.165) is 6.42 Å². The topological polar surface area (TPSA) is 385 Å². The van der Waals surface area contributed by atoms with Crippen LogP contribution in [0.25, 0.3) is 20.9 Å². The van der Waals surface area contributed by atoms with E-state index in [2.05, 4.69) is 61.6 Å². The molecule has 0 aliphatic carbocycles. The van der Waals surface area contributed by atoms with Gasteiger partial charge in [0.05, 0.1) is 93.9 Å². The molecule has 0 saturated carbocycles. The van der Waals surface area contributed by atoms with Crippen LogP contribution in [0, 0.1) is 62.2 Å². The Hall–Kier alpha value is -2.66. The van der Waals surface area contributed by atoms with Crippen LogP contribution in [0.3, 0.4) is 0 Å². The van der Waals surface area contributed by atoms with Gasteiger partial charge in [-0.3, -0.25) is 0 Å². The molecule has 8 aliphatic heterocycles. The summed E-state index contributed by atoms with van der Waals surface area (Å²) in [6.07, 6.45) is -2.91. The number of ether oxygens (including phenoxy) is 10. The van der Waals surface area contributed by atoms with Gasteiger partial charge in [-0.25, -0.2) is 9.59 Å². The van der Waals surface area contributed by atoms with Gasteiger partial charge in [0, 0.05) is 101 Å². The minimum absolute atomic E-state index is 0. The average molecular weight is 1300 g/mol. The van der Waals surface area contributed by atoms with E-state index < -0.39 is 108 Å². The summed E-state index contributed by atoms with van der Waals surface area (Å²) in [4.78, 5) is 51.7. The van der Waals surface area contributed by atoms with Crippen LogP contribution in [0.5, 0.6) is 0 Å². The summed E-state index contributed by atoms with van der Waals surface area (Å²) in [6, 6.07) is -1.33. The van der Waals surface area contributed by atoms with Gasteiger partial charge in [0.25, 0.3) is 11.6 Å². The van der Waals surface area contributed by atoms with Crippen LogP contribution in [0.1, 0.15) is 108 Å². The van der Waals surface area contributed by atoms with E-state index in [1.807, 2.05) is 6.92 Å². The number of nitrogens with zero attached hydrogens (tertiary/aromatic N) is 6. The number of aliphatic hydroxyl groups excluding tert-OH is 4. The molecule has 8 saturated heterocycles. The maximum absolute atomic E-state index is 12.0. The standard InChI is InChI=1S/C14H24O4.C13H21N3O4.C11H18O6.C10H15N3O6.2CH3.2Pd/c1-6-8(2)11-12-10(4)9(3)7-14(17-11,18-12)13(15)16-5;1-5-9(15-16-14)11-10-8(3)7(2)6-13(19-10,20-11)12(17)18-4;1-5(4-12)8-9-6(2)7(13)3-11(16-8,17-9)10(14)15;1-4-6(15)2-10(9(16)17)18-7(4)8(19-10)5(3-14)12-13-11;;;;/h8-12H,6-7H2,1-5H3;7-11H,5-6H2,1-4H3;5-9,12-13H,3-4H2,1-2H3,(H,14,15);4-8,14-15H,2-3H2,1H3,(H,16,17);2*1H3;;/q;;;;2*-1;;/p-2/t8-,9-,10-,11?,12?,14-;7-,8-,9-,10?,11?,13+;5-,6-,7-,8?,9?,11-;4-,5-,6-,7?,8?,10+;;;;/m1111..../s1. The fourth-order valence-electron chi connectivity index (χ4n) is 11.2. The van der Waals surface area contributed by atoms with Gasteiger partial charge in [-0.05, 0) is 47.1 Å². The molecule has 0 aromatic carbocycles. The molecular weight excluding hydrogens is 1220 g/mol. The first kappa shape index (κ1) is 73.4. The normalized spacial score (nSPS) is 41.3. The number of fused-ring (bicyclic) bond motifs is 8. The third-order valence-electron chi connectivity index (χ3n) is 16.6. The first-order valence-electron chi connectivity index (χ1n) is 25.5. The van der Waals surface area contributed by atoms with Crippen molar-refractivity contribution < 1.29 is 138 Å². The molecule has 0 spiro atoms. The largest absolute Gasteiger partial charge is 0.544 e. The van der Waals surface area contributed by atoms with Crippen LogP contribution in [0.4, 0.5) is 0 Å². The number of aliphatic hydroxyl groups is 4. The van der Waals surface area contributed by atoms with Crippen molar-refractivity contribution in [3.8, 4) is 0 Å². The zero-order valence-corrected chi connectivity index (χ0v) is 49.9. The van der Waals surface area contributed by atoms with E-state index in [4.69, 9.17) is 63.5 Å². The molecule has 28 heteroatoms. The predicted molar refractivity (Wildman–Crippen MR) is 261 cm³/mol. The van der Waals surface area contributed by atoms with Crippen molar-refractivity contribution in [3.05, 3.63) is 35.7 Å². The number of carbonyl (C=O) groups excluding carboxylic acids is 4. The van der Waals surface area contributed by atoms with Crippen LogP contribution in [0.2, 0.25) is 0 Å². The number of azide groups is 2. The molecular formula is C50H82N6O20Pd2-4. The summed E-state index contributed by atoms with van der Waals surface area (Å²) in [5, 5.41) is 67.4. The number of carboxylic acid groups (broad SMARTS) is 2. The van der Waals surface area contributed by atoms with Gasteiger partial charge in [0.1, 0.15) is 11.9 Å². The summed E-state index contributed by atoms with van der Waals surface area (Å²) < 4.78 is 54.9. The van der Waals surface area contributed by atoms with Gasteiger partial charge in [-0.15, -0.1) is 0 Å². The summed E-state index contributed by atoms with van der Waals surface area (Å²) >= 11 is 0. The third kappa shape index (κ3) is 14.4. The smallest absolute Gasteiger partial charge is 0.366 e. The molecule has 8 aliphatic rings. The molecule has 8 fully saturated rings. The molecule has 8 heterocycles. The van der Waals surface area contributed by atoms with Crippen LogP contribution in [0.15, 0.2) is 10.2 Å². The molecule has 8 bridgehead atoms. The second-order valence-electron chi connectivity index (χ2n) is 21.3. The Kier molecular flexibility index (Phi) is 28.3. The van der Waals surface area contributed by atoms with Crippen molar-refractivity contribution in [2.24, 2.45) is 57.6 Å². The van der Waals surface area contributed by atoms with E-state index >= 15 is 0 Å². The second-order valence-corrected chi connectivity index (χ2v) is 21.3. The molecule has 24 atom stereocenters. The second kappa shape index (κ2) is 30.1. The van der Waals surface area contributed by atoms with Gasteiger partial charge in [-0.1, -0.05) is 85.9 Å². The Bertz CT molecular complexity index is 2100. The minimum Gasteiger partial charge on any atom is -0.544 e. The Morgan fingerprint density at radius 2 is 0.885 bits per heavy atom. The number of carbonyl (C=O) groups is 4. The summed E-state index contributed by atoms with van der Waals surface area (Å²) in [5.41, 5.74) is 17.1. The first-order chi connectivity index (χ1) is 34.8. The predicted octanol–water partition coefficient (Wildman–Crippen LogP) is 2.20. The van der Waals surface area contributed by atoms with Gasteiger partial charge in [0.15, 0.2) is 0 Å². The van der Waals surface area contributed by atoms with Gasteiger partial charge >= 0.3 is 11.9 Å². The molecule has 4 N–H and O–H groups in total. The molecule has 26 nitrogen and oxygen atoms in total. The number of hydrogen-bond acceptors (Lipinski definition) is 22. The summed E-state index contributed by atoms with van der Waals surface area (Å²) in [7, 11) is 2.71. The number of rotatable bonds is 14. The fourth-order valence-corrected chi connectivity index (χ4v) is 11.2. The quantitative estimate of drug-likeness (QED) is 0.0483. The van der Waals surface area contributed by atoms with Gasteiger partial charge < -0.3 is 102 Å². The van der Waals surface area contributed by atoms with E-state index in [-0.39, 0.29) is 123 Å². The van der Waals surface area contributed by atoms with E-state index in [0.29, 0.717) is 37.0 Å². The zero-order chi connectivity index (χ0) is 55.4. The van der Waals surface area contributed by atoms with Crippen molar-refractivity contribution in [1.82, 2.24) is 0 Å². The number of carboxylic acids is 2. The van der Waals surface area contributed by atoms with Crippen LogP contribution in [-0.2, 0) is 107 Å². The molecule has 8 rings (SSSR count). The Morgan fingerprint density at radius 1 is 0.551 bits per heavy atom. The molecule has 0 aromatic rings. The van der Waals surface area contributed by atoms with Gasteiger partial charge in [0.2, 0.25) is 11.6 Å². The molecule has 0 radical (unpaired) electrons. The van der Waals surface area contributed by atoms with E-state index in [1.54, 1.807) is 20.8 Å². The Labute approximate surface area is 484 Å². The van der Waals surface area contributed by atoms with Gasteiger partial charge in [-0.2, -0.15) is 0 Å². The molecule has 0 amide bonds. The van der Waals surface area contributed by atoms with Crippen molar-refractivity contribution in [3.63, 3.8) is 0 Å². The molecule has 456 valence electrons. The maximum atomic E-state index is 12.0. The van der Waals surface area contributed by atoms with Crippen molar-refractivity contribution >= 4 is 23.9 Å². The van der Waals surface area contributed by atoms with Crippen LogP contribution in [-0.4, -0.2) is 168 Å². The van der Waals surface area contributed by atoms with E-state index in [9.17, 15) is 44.7 Å². The summed E-state index contributed by atoms with van der Waals surface area (Å²) in [5.74, 6) is -9.58. The van der Waals surface area contributed by atoms with E-state index in [1.165, 1.54) is 14.2 Å². The molecule has 78 heavy (non-hydrogen) atoms. The Balaban J connectivity index is 0.000000512. The SMILES string of the molecule is CC[C@@H](C)C1O[C@]2(C(=O)OC)C[C@@H](C)[C@@H](C)C1O2.CC[C@@H](N=[N+]=[N-])C1O[C@]2(C(=O)OC)C[C@@H](C)[C@@H](C)C1O2.C[C@H](CO)C1O[C@]2(C(=O)[O-])C[C@@H](O)[C@@H](C)C1O2.C[C@H]1C2O[C@@](C(=O)[O-])(C[C@H]1O)OC2[C@@H](CO)N=[N+]=[N-].[CH3-].[CH3-].[Pd].[Pd]. The third-order valence-corrected chi connectivity index (χ3v) is 16.6. The Morgan fingerprint density at radius 3 is 1.26 bits per heavy atom. The van der Waals surface area contributed by atoms with Crippen molar-refractivity contribution in [1.29, 1.82) is 0 Å². The molecule has 0 aromatic heterocycles. The fraction of sp³-hybridized carbons (Fsp3) is 0.880. The van der Waals surface area contributed by atoms with Crippen LogP contribution >= 0.6 is 0 Å². The van der Waals surface area contributed by atoms with Crippen molar-refractivity contribution in [2.45, 2.75) is 204 Å². The average Bonchev–Trinajstić information content (AvgIpc) is 4.12. The number of methoxy groups -OCH3 is 2. The maximum Gasteiger partial charge on any atom is 0.366 e.